The maximum absolute atomic E-state index is 13.2. The molecule has 0 amide bonds. The summed E-state index contributed by atoms with van der Waals surface area (Å²) in [6.45, 7) is 4.28. The van der Waals surface area contributed by atoms with Gasteiger partial charge in [-0.15, -0.1) is 0 Å². The van der Waals surface area contributed by atoms with E-state index in [9.17, 15) is 31.1 Å². The largest absolute Gasteiger partial charge is 0.423 e. The molecule has 0 unspecified atom stereocenters. The first-order valence-electron chi connectivity index (χ1n) is 11.0. The van der Waals surface area contributed by atoms with Gasteiger partial charge in [-0.25, -0.2) is 15.1 Å². The molecule has 37 heavy (non-hydrogen) atoms. The smallest absolute Gasteiger partial charge is 0.378 e. The van der Waals surface area contributed by atoms with E-state index in [0.717, 1.165) is 24.3 Å². The van der Waals surface area contributed by atoms with Crippen LogP contribution < -0.4 is 15.8 Å². The summed E-state index contributed by atoms with van der Waals surface area (Å²) in [4.78, 5) is 21.0. The molecule has 1 aliphatic heterocycles. The molecule has 0 aliphatic carbocycles. The third kappa shape index (κ3) is 6.00. The van der Waals surface area contributed by atoms with E-state index in [1.165, 1.54) is 0 Å². The zero-order valence-electron chi connectivity index (χ0n) is 19.6. The van der Waals surface area contributed by atoms with E-state index in [0.29, 0.717) is 18.8 Å². The van der Waals surface area contributed by atoms with Crippen molar-refractivity contribution >= 4 is 11.6 Å². The molecule has 10 nitrogen and oxygen atoms in total. The second-order valence-corrected chi connectivity index (χ2v) is 8.62. The van der Waals surface area contributed by atoms with E-state index in [4.69, 9.17) is 4.74 Å². The van der Waals surface area contributed by atoms with Crippen LogP contribution in [0.4, 0.5) is 38.0 Å². The number of nitrogens with one attached hydrogen (secondary N) is 2. The summed E-state index contributed by atoms with van der Waals surface area (Å²) < 4.78 is 85.3. The quantitative estimate of drug-likeness (QED) is 0.446. The van der Waals surface area contributed by atoms with Gasteiger partial charge in [0, 0.05) is 25.0 Å². The minimum Gasteiger partial charge on any atom is -0.378 e. The number of H-pyrrole nitrogens is 1. The molecule has 4 rings (SSSR count). The van der Waals surface area contributed by atoms with Crippen molar-refractivity contribution in [3.05, 3.63) is 57.5 Å². The van der Waals surface area contributed by atoms with Gasteiger partial charge < -0.3 is 15.0 Å². The highest BCUT2D eigenvalue weighted by atomic mass is 19.4. The predicted molar refractivity (Wildman–Crippen MR) is 118 cm³/mol. The molecule has 2 atom stereocenters. The SMILES string of the molecule is C[C@@H](COCc1cc2n(n1)[C@@H](C)CN(c1ncc(C(F)(F)F)cn1)C2)Nc1cn[nH]c(=O)c1C(F)(F)F. The normalized spacial score (nSPS) is 17.0. The Labute approximate surface area is 205 Å². The number of anilines is 2. The molecule has 0 bridgehead atoms. The number of alkyl halides is 6. The van der Waals surface area contributed by atoms with E-state index in [2.05, 4.69) is 25.5 Å². The molecule has 200 valence electrons. The van der Waals surface area contributed by atoms with Crippen molar-refractivity contribution in [2.45, 2.75) is 51.4 Å². The highest BCUT2D eigenvalue weighted by molar-refractivity contribution is 5.50. The molecule has 0 fully saturated rings. The summed E-state index contributed by atoms with van der Waals surface area (Å²) >= 11 is 0. The third-order valence-corrected chi connectivity index (χ3v) is 5.53. The van der Waals surface area contributed by atoms with E-state index in [1.807, 2.05) is 6.92 Å². The fourth-order valence-corrected chi connectivity index (χ4v) is 3.94. The van der Waals surface area contributed by atoms with Crippen molar-refractivity contribution in [2.24, 2.45) is 0 Å². The molecule has 0 aromatic carbocycles. The predicted octanol–water partition coefficient (Wildman–Crippen LogP) is 3.39. The fraction of sp³-hybridized carbons (Fsp3) is 0.476. The third-order valence-electron chi connectivity index (χ3n) is 5.53. The Kier molecular flexibility index (Phi) is 7.12. The maximum Gasteiger partial charge on any atom is 0.423 e. The topological polar surface area (TPSA) is 114 Å². The van der Waals surface area contributed by atoms with Gasteiger partial charge in [-0.2, -0.15) is 36.5 Å². The average molecular weight is 532 g/mol. The minimum atomic E-state index is -4.86. The molecule has 16 heteroatoms. The number of fused-ring (bicyclic) bond motifs is 1. The number of hydrogen-bond acceptors (Lipinski definition) is 8. The molecule has 1 aliphatic rings. The molecular formula is C21H22F6N8O2. The van der Waals surface area contributed by atoms with Gasteiger partial charge in [-0.3, -0.25) is 9.48 Å². The monoisotopic (exact) mass is 532 g/mol. The first-order chi connectivity index (χ1) is 17.3. The molecule has 0 saturated heterocycles. The summed E-state index contributed by atoms with van der Waals surface area (Å²) in [5.41, 5.74) is -2.76. The lowest BCUT2D eigenvalue weighted by Gasteiger charge is -2.32. The van der Waals surface area contributed by atoms with Crippen LogP contribution in [0.15, 0.2) is 29.5 Å². The number of nitrogens with zero attached hydrogens (tertiary/aromatic N) is 6. The Bertz CT molecular complexity index is 1290. The molecule has 0 spiro atoms. The van der Waals surface area contributed by atoms with E-state index in [1.54, 1.807) is 27.7 Å². The average Bonchev–Trinajstić information content (AvgIpc) is 3.21. The van der Waals surface area contributed by atoms with Crippen molar-refractivity contribution in [1.82, 2.24) is 29.9 Å². The van der Waals surface area contributed by atoms with Gasteiger partial charge in [0.25, 0.3) is 5.56 Å². The Morgan fingerprint density at radius 1 is 1.16 bits per heavy atom. The van der Waals surface area contributed by atoms with Crippen molar-refractivity contribution in [3.63, 3.8) is 0 Å². The summed E-state index contributed by atoms with van der Waals surface area (Å²) in [7, 11) is 0. The van der Waals surface area contributed by atoms with Crippen LogP contribution in [0, 0.1) is 0 Å². The maximum atomic E-state index is 13.2. The van der Waals surface area contributed by atoms with E-state index in [-0.39, 0.29) is 25.2 Å². The van der Waals surface area contributed by atoms with Crippen LogP contribution in [0.5, 0.6) is 0 Å². The zero-order chi connectivity index (χ0) is 27.0. The molecule has 0 saturated carbocycles. The van der Waals surface area contributed by atoms with Crippen LogP contribution in [-0.4, -0.2) is 49.1 Å². The Balaban J connectivity index is 1.36. The van der Waals surface area contributed by atoms with Gasteiger partial charge >= 0.3 is 12.4 Å². The minimum absolute atomic E-state index is 0.00730. The van der Waals surface area contributed by atoms with E-state index < -0.39 is 40.8 Å². The second-order valence-electron chi connectivity index (χ2n) is 8.62. The van der Waals surface area contributed by atoms with Gasteiger partial charge in [-0.05, 0) is 19.9 Å². The Morgan fingerprint density at radius 2 is 1.86 bits per heavy atom. The summed E-state index contributed by atoms with van der Waals surface area (Å²) in [6, 6.07) is 1.05. The first kappa shape index (κ1) is 26.4. The number of aromatic amines is 1. The zero-order valence-corrected chi connectivity index (χ0v) is 19.6. The highest BCUT2D eigenvalue weighted by Gasteiger charge is 2.37. The molecule has 3 aromatic rings. The lowest BCUT2D eigenvalue weighted by molar-refractivity contribution is -0.139. The summed E-state index contributed by atoms with van der Waals surface area (Å²) in [5.74, 6) is 0.164. The number of halogens is 6. The Morgan fingerprint density at radius 3 is 2.51 bits per heavy atom. The van der Waals surface area contributed by atoms with Gasteiger partial charge in [0.15, 0.2) is 0 Å². The van der Waals surface area contributed by atoms with Crippen molar-refractivity contribution in [2.75, 3.05) is 23.4 Å². The summed E-state index contributed by atoms with van der Waals surface area (Å²) in [5, 5.41) is 12.3. The van der Waals surface area contributed by atoms with Gasteiger partial charge in [0.05, 0.1) is 54.6 Å². The molecule has 4 heterocycles. The number of hydrogen-bond donors (Lipinski definition) is 2. The van der Waals surface area contributed by atoms with Crippen LogP contribution in [0.2, 0.25) is 0 Å². The molecule has 3 aromatic heterocycles. The standard InChI is InChI=1S/C21H22F6N8O2/c1-11(31-16-6-30-32-18(36)17(16)21(25,26)27)9-37-10-14-3-15-8-34(7-12(2)35(15)33-14)19-28-4-13(5-29-19)20(22,23)24/h3-6,11-12H,7-10H2,1-2H3,(H2,31,32,36)/t11-,12-/m0/s1. The van der Waals surface area contributed by atoms with Crippen LogP contribution in [-0.2, 0) is 30.2 Å². The van der Waals surface area contributed by atoms with Crippen molar-refractivity contribution in [3.8, 4) is 0 Å². The summed E-state index contributed by atoms with van der Waals surface area (Å²) in [6.07, 6.45) is -7.01. The van der Waals surface area contributed by atoms with Crippen LogP contribution in [0.3, 0.4) is 0 Å². The number of rotatable bonds is 7. The second kappa shape index (κ2) is 9.99. The number of aromatic nitrogens is 6. The molecule has 2 N–H and O–H groups in total. The molecule has 0 radical (unpaired) electrons. The van der Waals surface area contributed by atoms with Crippen molar-refractivity contribution < 1.29 is 31.1 Å². The fourth-order valence-electron chi connectivity index (χ4n) is 3.94. The Hall–Kier alpha value is -3.69. The van der Waals surface area contributed by atoms with Crippen molar-refractivity contribution in [1.29, 1.82) is 0 Å². The van der Waals surface area contributed by atoms with Crippen LogP contribution in [0.1, 0.15) is 42.4 Å². The van der Waals surface area contributed by atoms with E-state index >= 15 is 0 Å². The van der Waals surface area contributed by atoms with Crippen LogP contribution >= 0.6 is 0 Å². The highest BCUT2D eigenvalue weighted by Crippen LogP contribution is 2.32. The van der Waals surface area contributed by atoms with Gasteiger partial charge in [0.2, 0.25) is 5.95 Å². The van der Waals surface area contributed by atoms with Gasteiger partial charge in [0.1, 0.15) is 5.56 Å². The lowest BCUT2D eigenvalue weighted by atomic mass is 10.2. The van der Waals surface area contributed by atoms with Crippen LogP contribution in [0.25, 0.3) is 0 Å². The number of ether oxygens (including phenoxy) is 1. The lowest BCUT2D eigenvalue weighted by Crippen LogP contribution is -2.37. The first-order valence-corrected chi connectivity index (χ1v) is 11.0. The van der Waals surface area contributed by atoms with Gasteiger partial charge in [-0.1, -0.05) is 0 Å². The molecular weight excluding hydrogens is 510 g/mol.